The van der Waals surface area contributed by atoms with Crippen LogP contribution in [0.5, 0.6) is 0 Å². The Bertz CT molecular complexity index is 338. The number of aliphatic hydroxyl groups excluding tert-OH is 1. The topological polar surface area (TPSA) is 32.3 Å². The van der Waals surface area contributed by atoms with Gasteiger partial charge in [-0.25, -0.2) is 0 Å². The fourth-order valence-corrected chi connectivity index (χ4v) is 2.88. The summed E-state index contributed by atoms with van der Waals surface area (Å²) in [6.07, 6.45) is 5.14. The third kappa shape index (κ3) is 3.82. The van der Waals surface area contributed by atoms with Crippen LogP contribution in [-0.4, -0.2) is 24.3 Å². The number of aliphatic hydroxyl groups is 1. The summed E-state index contributed by atoms with van der Waals surface area (Å²) in [6, 6.07) is 11.4. The smallest absolute Gasteiger partial charge is 0.0468 e. The Morgan fingerprint density at radius 3 is 2.78 bits per heavy atom. The molecule has 100 valence electrons. The summed E-state index contributed by atoms with van der Waals surface area (Å²) >= 11 is 0. The zero-order chi connectivity index (χ0) is 12.8. The van der Waals surface area contributed by atoms with Gasteiger partial charge in [-0.05, 0) is 36.7 Å². The van der Waals surface area contributed by atoms with Gasteiger partial charge in [0.05, 0.1) is 0 Å². The van der Waals surface area contributed by atoms with E-state index >= 15 is 0 Å². The molecule has 0 aliphatic heterocycles. The predicted molar refractivity (Wildman–Crippen MR) is 75.5 cm³/mol. The second-order valence-electron chi connectivity index (χ2n) is 5.68. The first-order valence-corrected chi connectivity index (χ1v) is 7.17. The van der Waals surface area contributed by atoms with E-state index in [9.17, 15) is 0 Å². The molecule has 0 bridgehead atoms. The number of benzene rings is 1. The molecule has 0 radical (unpaired) electrons. The summed E-state index contributed by atoms with van der Waals surface area (Å²) in [5.41, 5.74) is 1.45. The molecule has 18 heavy (non-hydrogen) atoms. The fourth-order valence-electron chi connectivity index (χ4n) is 2.88. The molecule has 2 heteroatoms. The summed E-state index contributed by atoms with van der Waals surface area (Å²) in [6.45, 7) is 3.31. The molecule has 3 atom stereocenters. The molecule has 2 nitrogen and oxygen atoms in total. The van der Waals surface area contributed by atoms with Crippen LogP contribution in [0.3, 0.4) is 0 Å². The van der Waals surface area contributed by atoms with Crippen molar-refractivity contribution < 1.29 is 5.11 Å². The Hall–Kier alpha value is -0.860. The first kappa shape index (κ1) is 13.6. The number of nitrogens with one attached hydrogen (secondary N) is 1. The quantitative estimate of drug-likeness (QED) is 0.810. The summed E-state index contributed by atoms with van der Waals surface area (Å²) in [5.74, 6) is 1.13. The number of hydrogen-bond acceptors (Lipinski definition) is 2. The molecule has 1 fully saturated rings. The van der Waals surface area contributed by atoms with Crippen LogP contribution in [0.4, 0.5) is 0 Å². The Labute approximate surface area is 110 Å². The van der Waals surface area contributed by atoms with E-state index < -0.39 is 0 Å². The van der Waals surface area contributed by atoms with Gasteiger partial charge in [-0.15, -0.1) is 0 Å². The second kappa shape index (κ2) is 6.91. The predicted octanol–water partition coefficient (Wildman–Crippen LogP) is 2.62. The minimum absolute atomic E-state index is 0.281. The van der Waals surface area contributed by atoms with Gasteiger partial charge in [-0.1, -0.05) is 43.7 Å². The third-order valence-corrected chi connectivity index (χ3v) is 4.04. The van der Waals surface area contributed by atoms with Crippen molar-refractivity contribution in [1.82, 2.24) is 5.32 Å². The zero-order valence-electron chi connectivity index (χ0n) is 11.3. The van der Waals surface area contributed by atoms with Gasteiger partial charge in [0.15, 0.2) is 0 Å². The van der Waals surface area contributed by atoms with Crippen LogP contribution in [0.25, 0.3) is 0 Å². The van der Waals surface area contributed by atoms with Crippen molar-refractivity contribution >= 4 is 0 Å². The standard InChI is InChI=1S/C16H25NO/c1-13(12-18)11-17-16-9-5-8-15(16)10-14-6-3-2-4-7-14/h2-4,6-7,13,15-18H,5,8-12H2,1H3. The highest BCUT2D eigenvalue weighted by atomic mass is 16.3. The van der Waals surface area contributed by atoms with Crippen molar-refractivity contribution in [3.05, 3.63) is 35.9 Å². The Kier molecular flexibility index (Phi) is 5.21. The Morgan fingerprint density at radius 2 is 2.06 bits per heavy atom. The minimum atomic E-state index is 0.281. The van der Waals surface area contributed by atoms with Gasteiger partial charge in [0.1, 0.15) is 0 Å². The van der Waals surface area contributed by atoms with Crippen LogP contribution in [-0.2, 0) is 6.42 Å². The first-order valence-electron chi connectivity index (χ1n) is 7.17. The Morgan fingerprint density at radius 1 is 1.28 bits per heavy atom. The molecular formula is C16H25NO. The van der Waals surface area contributed by atoms with Crippen molar-refractivity contribution in [1.29, 1.82) is 0 Å². The summed E-state index contributed by atoms with van der Waals surface area (Å²) < 4.78 is 0. The highest BCUT2D eigenvalue weighted by Gasteiger charge is 2.26. The molecule has 2 N–H and O–H groups in total. The van der Waals surface area contributed by atoms with E-state index in [1.165, 1.54) is 31.2 Å². The maximum absolute atomic E-state index is 9.07. The van der Waals surface area contributed by atoms with Gasteiger partial charge < -0.3 is 10.4 Å². The minimum Gasteiger partial charge on any atom is -0.396 e. The monoisotopic (exact) mass is 247 g/mol. The van der Waals surface area contributed by atoms with Crippen molar-refractivity contribution in [2.45, 2.75) is 38.6 Å². The maximum atomic E-state index is 9.07. The lowest BCUT2D eigenvalue weighted by atomic mass is 9.94. The molecule has 0 heterocycles. The molecule has 3 unspecified atom stereocenters. The second-order valence-corrected chi connectivity index (χ2v) is 5.68. The fraction of sp³-hybridized carbons (Fsp3) is 0.625. The molecule has 2 rings (SSSR count). The number of rotatable bonds is 6. The summed E-state index contributed by atoms with van der Waals surface area (Å²) in [7, 11) is 0. The highest BCUT2D eigenvalue weighted by Crippen LogP contribution is 2.28. The molecule has 0 amide bonds. The molecule has 0 spiro atoms. The number of hydrogen-bond donors (Lipinski definition) is 2. The summed E-state index contributed by atoms with van der Waals surface area (Å²) in [5, 5.41) is 12.7. The van der Waals surface area contributed by atoms with Crippen LogP contribution < -0.4 is 5.32 Å². The third-order valence-electron chi connectivity index (χ3n) is 4.04. The summed E-state index contributed by atoms with van der Waals surface area (Å²) in [4.78, 5) is 0. The van der Waals surface area contributed by atoms with Crippen molar-refractivity contribution in [3.63, 3.8) is 0 Å². The Balaban J connectivity index is 1.84. The van der Waals surface area contributed by atoms with Gasteiger partial charge in [0.25, 0.3) is 0 Å². The van der Waals surface area contributed by atoms with Gasteiger partial charge in [0.2, 0.25) is 0 Å². The van der Waals surface area contributed by atoms with Gasteiger partial charge >= 0.3 is 0 Å². The highest BCUT2D eigenvalue weighted by molar-refractivity contribution is 5.16. The largest absolute Gasteiger partial charge is 0.396 e. The van der Waals surface area contributed by atoms with Crippen molar-refractivity contribution in [3.8, 4) is 0 Å². The van der Waals surface area contributed by atoms with Gasteiger partial charge in [0, 0.05) is 19.2 Å². The van der Waals surface area contributed by atoms with Gasteiger partial charge in [-0.3, -0.25) is 0 Å². The van der Waals surface area contributed by atoms with Crippen LogP contribution in [0.2, 0.25) is 0 Å². The van der Waals surface area contributed by atoms with Crippen LogP contribution >= 0.6 is 0 Å². The molecule has 0 aromatic heterocycles. The lowest BCUT2D eigenvalue weighted by molar-refractivity contribution is 0.226. The molecule has 1 aliphatic carbocycles. The molecule has 1 aromatic rings. The van der Waals surface area contributed by atoms with E-state index in [1.54, 1.807) is 0 Å². The zero-order valence-corrected chi connectivity index (χ0v) is 11.3. The SMILES string of the molecule is CC(CO)CNC1CCCC1Cc1ccccc1. The van der Waals surface area contributed by atoms with Crippen LogP contribution in [0.1, 0.15) is 31.7 Å². The van der Waals surface area contributed by atoms with E-state index in [4.69, 9.17) is 5.11 Å². The van der Waals surface area contributed by atoms with E-state index in [0.717, 1.165) is 12.5 Å². The van der Waals surface area contributed by atoms with E-state index in [0.29, 0.717) is 12.0 Å². The van der Waals surface area contributed by atoms with Crippen molar-refractivity contribution in [2.24, 2.45) is 11.8 Å². The molecule has 1 aliphatic rings. The maximum Gasteiger partial charge on any atom is 0.0468 e. The van der Waals surface area contributed by atoms with Crippen molar-refractivity contribution in [2.75, 3.05) is 13.2 Å². The van der Waals surface area contributed by atoms with Gasteiger partial charge in [-0.2, -0.15) is 0 Å². The van der Waals surface area contributed by atoms with E-state index in [-0.39, 0.29) is 6.61 Å². The average Bonchev–Trinajstić information content (AvgIpc) is 2.84. The van der Waals surface area contributed by atoms with E-state index in [2.05, 4.69) is 42.6 Å². The lowest BCUT2D eigenvalue weighted by Gasteiger charge is -2.22. The molecule has 1 saturated carbocycles. The molecular weight excluding hydrogens is 222 g/mol. The lowest BCUT2D eigenvalue weighted by Crippen LogP contribution is -2.36. The molecule has 1 aromatic carbocycles. The van der Waals surface area contributed by atoms with Crippen LogP contribution in [0, 0.1) is 11.8 Å². The normalized spacial score (nSPS) is 25.2. The first-order chi connectivity index (χ1) is 8.79. The van der Waals surface area contributed by atoms with E-state index in [1.807, 2.05) is 0 Å². The molecule has 0 saturated heterocycles. The van der Waals surface area contributed by atoms with Crippen LogP contribution in [0.15, 0.2) is 30.3 Å². The average molecular weight is 247 g/mol.